The summed E-state index contributed by atoms with van der Waals surface area (Å²) in [5, 5.41) is 2.99. The predicted molar refractivity (Wildman–Crippen MR) is 105 cm³/mol. The summed E-state index contributed by atoms with van der Waals surface area (Å²) in [5.41, 5.74) is 6.75. The Kier molecular flexibility index (Phi) is 4.99. The van der Waals surface area contributed by atoms with Gasteiger partial charge in [0.15, 0.2) is 0 Å². The maximum atomic E-state index is 12.7. The Labute approximate surface area is 159 Å². The number of aromatic nitrogens is 1. The van der Waals surface area contributed by atoms with Crippen molar-refractivity contribution < 1.29 is 9.53 Å². The maximum Gasteiger partial charge on any atom is 0.270 e. The number of ether oxygens (including phenoxy) is 1. The molecule has 0 unspecified atom stereocenters. The highest BCUT2D eigenvalue weighted by molar-refractivity contribution is 5.93. The molecular formula is C23H22N2O2. The van der Waals surface area contributed by atoms with Crippen molar-refractivity contribution in [2.24, 2.45) is 0 Å². The van der Waals surface area contributed by atoms with Crippen molar-refractivity contribution in [3.05, 3.63) is 88.6 Å². The van der Waals surface area contributed by atoms with Gasteiger partial charge in [0.05, 0.1) is 18.9 Å². The highest BCUT2D eigenvalue weighted by Gasteiger charge is 2.21. The molecule has 0 spiro atoms. The van der Waals surface area contributed by atoms with E-state index < -0.39 is 0 Å². The summed E-state index contributed by atoms with van der Waals surface area (Å²) in [7, 11) is 0. The van der Waals surface area contributed by atoms with Crippen LogP contribution >= 0.6 is 0 Å². The molecule has 4 nitrogen and oxygen atoms in total. The lowest BCUT2D eigenvalue weighted by Crippen LogP contribution is -2.24. The van der Waals surface area contributed by atoms with Crippen molar-refractivity contribution in [2.75, 3.05) is 0 Å². The Balaban J connectivity index is 1.59. The van der Waals surface area contributed by atoms with Crippen LogP contribution in [0.3, 0.4) is 0 Å². The fourth-order valence-electron chi connectivity index (χ4n) is 3.36. The molecule has 1 amide bonds. The average Bonchev–Trinajstić information content (AvgIpc) is 3.21. The fourth-order valence-corrected chi connectivity index (χ4v) is 3.36. The van der Waals surface area contributed by atoms with E-state index in [0.29, 0.717) is 25.5 Å². The van der Waals surface area contributed by atoms with E-state index in [1.807, 2.05) is 48.5 Å². The van der Waals surface area contributed by atoms with E-state index in [1.54, 1.807) is 0 Å². The SMILES string of the molecule is CCc1cccc(CNC(=O)c2cc3c(c(-c4ccccc4)n2)COC3)c1. The smallest absolute Gasteiger partial charge is 0.270 e. The third kappa shape index (κ3) is 3.76. The third-order valence-corrected chi connectivity index (χ3v) is 4.85. The quantitative estimate of drug-likeness (QED) is 0.741. The zero-order valence-electron chi connectivity index (χ0n) is 15.4. The van der Waals surface area contributed by atoms with Crippen LogP contribution in [0, 0.1) is 0 Å². The van der Waals surface area contributed by atoms with Crippen LogP contribution in [-0.4, -0.2) is 10.9 Å². The van der Waals surface area contributed by atoms with Crippen molar-refractivity contribution in [3.8, 4) is 11.3 Å². The monoisotopic (exact) mass is 358 g/mol. The summed E-state index contributed by atoms with van der Waals surface area (Å²) in [6.07, 6.45) is 0.981. The average molecular weight is 358 g/mol. The number of carbonyl (C=O) groups excluding carboxylic acids is 1. The third-order valence-electron chi connectivity index (χ3n) is 4.85. The lowest BCUT2D eigenvalue weighted by molar-refractivity contribution is 0.0946. The van der Waals surface area contributed by atoms with E-state index in [-0.39, 0.29) is 5.91 Å². The van der Waals surface area contributed by atoms with Crippen LogP contribution in [0.2, 0.25) is 0 Å². The lowest BCUT2D eigenvalue weighted by Gasteiger charge is -2.11. The Hall–Kier alpha value is -2.98. The van der Waals surface area contributed by atoms with Gasteiger partial charge in [-0.1, -0.05) is 61.5 Å². The van der Waals surface area contributed by atoms with Crippen LogP contribution in [-0.2, 0) is 30.9 Å². The molecule has 27 heavy (non-hydrogen) atoms. The number of pyridine rings is 1. The molecule has 1 aliphatic rings. The molecule has 0 radical (unpaired) electrons. The second kappa shape index (κ2) is 7.72. The van der Waals surface area contributed by atoms with E-state index in [2.05, 4.69) is 29.4 Å². The van der Waals surface area contributed by atoms with Crippen molar-refractivity contribution in [2.45, 2.75) is 33.1 Å². The first-order valence-corrected chi connectivity index (χ1v) is 9.26. The highest BCUT2D eigenvalue weighted by Crippen LogP contribution is 2.30. The summed E-state index contributed by atoms with van der Waals surface area (Å²) >= 11 is 0. The van der Waals surface area contributed by atoms with Gasteiger partial charge in [-0.25, -0.2) is 4.98 Å². The maximum absolute atomic E-state index is 12.7. The second-order valence-electron chi connectivity index (χ2n) is 6.71. The van der Waals surface area contributed by atoms with Gasteiger partial charge in [-0.2, -0.15) is 0 Å². The van der Waals surface area contributed by atoms with Crippen LogP contribution in [0.5, 0.6) is 0 Å². The van der Waals surface area contributed by atoms with Crippen molar-refractivity contribution in [1.29, 1.82) is 0 Å². The van der Waals surface area contributed by atoms with E-state index in [4.69, 9.17) is 4.74 Å². The molecule has 136 valence electrons. The number of aryl methyl sites for hydroxylation is 1. The first kappa shape index (κ1) is 17.4. The molecule has 4 heteroatoms. The summed E-state index contributed by atoms with van der Waals surface area (Å²) in [5.74, 6) is -0.163. The Morgan fingerprint density at radius 2 is 1.85 bits per heavy atom. The molecule has 0 saturated carbocycles. The summed E-state index contributed by atoms with van der Waals surface area (Å²) < 4.78 is 5.59. The predicted octanol–water partition coefficient (Wildman–Crippen LogP) is 4.27. The summed E-state index contributed by atoms with van der Waals surface area (Å²) in [4.78, 5) is 17.4. The highest BCUT2D eigenvalue weighted by atomic mass is 16.5. The van der Waals surface area contributed by atoms with Crippen molar-refractivity contribution in [1.82, 2.24) is 10.3 Å². The topological polar surface area (TPSA) is 51.2 Å². The molecule has 1 N–H and O–H groups in total. The molecule has 0 bridgehead atoms. The number of amides is 1. The normalized spacial score (nSPS) is 12.6. The zero-order valence-corrected chi connectivity index (χ0v) is 15.4. The molecule has 2 aromatic carbocycles. The van der Waals surface area contributed by atoms with Crippen molar-refractivity contribution >= 4 is 5.91 Å². The van der Waals surface area contributed by atoms with Gasteiger partial charge in [0.25, 0.3) is 5.91 Å². The number of rotatable bonds is 5. The Morgan fingerprint density at radius 1 is 1.04 bits per heavy atom. The molecule has 0 saturated heterocycles. The first-order chi connectivity index (χ1) is 13.2. The van der Waals surface area contributed by atoms with Crippen LogP contribution in [0.15, 0.2) is 60.7 Å². The minimum atomic E-state index is -0.163. The molecule has 0 aliphatic carbocycles. The van der Waals surface area contributed by atoms with Crippen LogP contribution in [0.25, 0.3) is 11.3 Å². The lowest BCUT2D eigenvalue weighted by atomic mass is 10.0. The molecule has 1 aromatic heterocycles. The molecular weight excluding hydrogens is 336 g/mol. The van der Waals surface area contributed by atoms with Gasteiger partial charge >= 0.3 is 0 Å². The number of carbonyl (C=O) groups is 1. The van der Waals surface area contributed by atoms with Gasteiger partial charge in [0.1, 0.15) is 5.69 Å². The van der Waals surface area contributed by atoms with Crippen LogP contribution in [0.1, 0.15) is 39.7 Å². The van der Waals surface area contributed by atoms with E-state index in [0.717, 1.165) is 34.4 Å². The zero-order chi connectivity index (χ0) is 18.6. The molecule has 1 aliphatic heterocycles. The standard InChI is InChI=1S/C23H22N2O2/c1-2-16-7-6-8-17(11-16)13-24-23(26)21-12-19-14-27-15-20(19)22(25-21)18-9-4-3-5-10-18/h3-12H,2,13-15H2,1H3,(H,24,26). The second-order valence-corrected chi connectivity index (χ2v) is 6.71. The number of benzene rings is 2. The van der Waals surface area contributed by atoms with E-state index in [9.17, 15) is 4.79 Å². The van der Waals surface area contributed by atoms with E-state index in [1.165, 1.54) is 5.56 Å². The number of nitrogens with one attached hydrogen (secondary N) is 1. The minimum absolute atomic E-state index is 0.163. The van der Waals surface area contributed by atoms with Gasteiger partial charge in [-0.3, -0.25) is 4.79 Å². The Morgan fingerprint density at radius 3 is 2.67 bits per heavy atom. The van der Waals surface area contributed by atoms with Gasteiger partial charge in [0.2, 0.25) is 0 Å². The minimum Gasteiger partial charge on any atom is -0.372 e. The first-order valence-electron chi connectivity index (χ1n) is 9.26. The van der Waals surface area contributed by atoms with Gasteiger partial charge in [-0.15, -0.1) is 0 Å². The van der Waals surface area contributed by atoms with Gasteiger partial charge in [0, 0.05) is 17.7 Å². The van der Waals surface area contributed by atoms with Gasteiger partial charge < -0.3 is 10.1 Å². The van der Waals surface area contributed by atoms with Gasteiger partial charge in [-0.05, 0) is 29.2 Å². The van der Waals surface area contributed by atoms with Crippen molar-refractivity contribution in [3.63, 3.8) is 0 Å². The largest absolute Gasteiger partial charge is 0.372 e. The van der Waals surface area contributed by atoms with Crippen LogP contribution in [0.4, 0.5) is 0 Å². The Bertz CT molecular complexity index is 967. The molecule has 0 fully saturated rings. The number of fused-ring (bicyclic) bond motifs is 1. The summed E-state index contributed by atoms with van der Waals surface area (Å²) in [6.45, 7) is 3.68. The molecule has 4 rings (SSSR count). The molecule has 0 atom stereocenters. The summed E-state index contributed by atoms with van der Waals surface area (Å²) in [6, 6.07) is 20.1. The number of hydrogen-bond acceptors (Lipinski definition) is 3. The van der Waals surface area contributed by atoms with Crippen LogP contribution < -0.4 is 5.32 Å². The fraction of sp³-hybridized carbons (Fsp3) is 0.217. The van der Waals surface area contributed by atoms with E-state index >= 15 is 0 Å². The molecule has 3 aromatic rings. The molecule has 2 heterocycles. The number of nitrogens with zero attached hydrogens (tertiary/aromatic N) is 1. The number of hydrogen-bond donors (Lipinski definition) is 1.